The lowest BCUT2D eigenvalue weighted by Crippen LogP contribution is -2.20. The Morgan fingerprint density at radius 2 is 2.04 bits per heavy atom. The third kappa shape index (κ3) is 3.16. The molecule has 1 aromatic heterocycles. The van der Waals surface area contributed by atoms with Crippen molar-refractivity contribution in [1.82, 2.24) is 4.57 Å². The number of halogens is 2. The molecule has 128 valence electrons. The summed E-state index contributed by atoms with van der Waals surface area (Å²) in [6.07, 6.45) is 0.983. The Labute approximate surface area is 133 Å². The van der Waals surface area contributed by atoms with Gasteiger partial charge in [0.05, 0.1) is 22.4 Å². The highest BCUT2D eigenvalue weighted by Crippen LogP contribution is 2.29. The molecule has 0 fully saturated rings. The minimum atomic E-state index is -1.52. The van der Waals surface area contributed by atoms with Crippen LogP contribution in [0.5, 0.6) is 0 Å². The maximum absolute atomic E-state index is 12.7. The summed E-state index contributed by atoms with van der Waals surface area (Å²) in [5, 5.41) is 22.5. The second-order valence-electron chi connectivity index (χ2n) is 4.82. The van der Waals surface area contributed by atoms with Crippen LogP contribution >= 0.6 is 0 Å². The first-order chi connectivity index (χ1) is 11.4. The van der Waals surface area contributed by atoms with Crippen LogP contribution in [0.25, 0.3) is 10.9 Å². The van der Waals surface area contributed by atoms with Crippen LogP contribution in [0.15, 0.2) is 23.1 Å². The Balaban J connectivity index is 2.84. The van der Waals surface area contributed by atoms with Crippen LogP contribution in [0.4, 0.5) is 20.2 Å². The van der Waals surface area contributed by atoms with Gasteiger partial charge in [0.25, 0.3) is 5.69 Å². The van der Waals surface area contributed by atoms with Crippen molar-refractivity contribution < 1.29 is 23.6 Å². The van der Waals surface area contributed by atoms with Crippen LogP contribution in [-0.4, -0.2) is 40.5 Å². The maximum atomic E-state index is 12.7. The molecule has 8 nitrogen and oxygen atoms in total. The number of anilines is 1. The third-order valence-corrected chi connectivity index (χ3v) is 3.36. The number of nitrogens with zero attached hydrogens (tertiary/aromatic N) is 2. The number of alkyl halides is 2. The van der Waals surface area contributed by atoms with Gasteiger partial charge in [-0.05, 0) is 6.07 Å². The Kier molecular flexibility index (Phi) is 5.07. The fourth-order valence-corrected chi connectivity index (χ4v) is 2.33. The SMILES string of the molecule is O=C(O)c1cn(CCF)c2cc(NCCF)c([N+](=O)[O-])cc2c1=O. The molecule has 1 heterocycles. The van der Waals surface area contributed by atoms with Crippen molar-refractivity contribution in [2.24, 2.45) is 0 Å². The number of carbonyl (C=O) groups is 1. The lowest BCUT2D eigenvalue weighted by atomic mass is 10.1. The number of aromatic nitrogens is 1. The number of fused-ring (bicyclic) bond motifs is 1. The Bertz CT molecular complexity index is 866. The van der Waals surface area contributed by atoms with E-state index in [0.717, 1.165) is 12.3 Å². The van der Waals surface area contributed by atoms with Gasteiger partial charge in [0.15, 0.2) is 0 Å². The number of nitro groups is 1. The zero-order valence-corrected chi connectivity index (χ0v) is 12.3. The summed E-state index contributed by atoms with van der Waals surface area (Å²) in [5.41, 5.74) is -1.94. The third-order valence-electron chi connectivity index (χ3n) is 3.36. The molecular weight excluding hydrogens is 328 g/mol. The molecule has 0 radical (unpaired) electrons. The van der Waals surface area contributed by atoms with Gasteiger partial charge >= 0.3 is 5.97 Å². The largest absolute Gasteiger partial charge is 0.477 e. The van der Waals surface area contributed by atoms with E-state index in [2.05, 4.69) is 5.32 Å². The molecule has 0 spiro atoms. The lowest BCUT2D eigenvalue weighted by Gasteiger charge is -2.13. The summed E-state index contributed by atoms with van der Waals surface area (Å²) in [6.45, 7) is -2.03. The zero-order valence-electron chi connectivity index (χ0n) is 12.3. The highest BCUT2D eigenvalue weighted by atomic mass is 19.1. The van der Waals surface area contributed by atoms with E-state index < -0.39 is 40.9 Å². The molecule has 2 rings (SSSR count). The van der Waals surface area contributed by atoms with E-state index >= 15 is 0 Å². The van der Waals surface area contributed by atoms with Crippen molar-refractivity contribution in [2.75, 3.05) is 25.2 Å². The minimum absolute atomic E-state index is 0.0415. The summed E-state index contributed by atoms with van der Waals surface area (Å²) in [7, 11) is 0. The topological polar surface area (TPSA) is 114 Å². The quantitative estimate of drug-likeness (QED) is 0.588. The van der Waals surface area contributed by atoms with E-state index in [1.807, 2.05) is 0 Å². The van der Waals surface area contributed by atoms with Crippen LogP contribution in [0.3, 0.4) is 0 Å². The van der Waals surface area contributed by atoms with Crippen LogP contribution in [-0.2, 0) is 6.54 Å². The summed E-state index contributed by atoms with van der Waals surface area (Å²) >= 11 is 0. The molecule has 10 heteroatoms. The predicted molar refractivity (Wildman–Crippen MR) is 82.3 cm³/mol. The van der Waals surface area contributed by atoms with Gasteiger partial charge in [-0.25, -0.2) is 13.6 Å². The van der Waals surface area contributed by atoms with Gasteiger partial charge in [-0.3, -0.25) is 14.9 Å². The molecule has 24 heavy (non-hydrogen) atoms. The number of nitro benzene ring substituents is 1. The van der Waals surface area contributed by atoms with E-state index in [4.69, 9.17) is 5.11 Å². The molecule has 0 aliphatic rings. The standard InChI is InChI=1S/C14H13F2N3O5/c15-1-3-17-10-6-11-8(5-12(10)19(23)24)13(20)9(14(21)22)7-18(11)4-2-16/h5-7,17H,1-4H2,(H,21,22). The molecule has 2 aromatic rings. The van der Waals surface area contributed by atoms with Crippen molar-refractivity contribution in [3.8, 4) is 0 Å². The molecular formula is C14H13F2N3O5. The van der Waals surface area contributed by atoms with Crippen LogP contribution in [0.1, 0.15) is 10.4 Å². The fraction of sp³-hybridized carbons (Fsp3) is 0.286. The zero-order chi connectivity index (χ0) is 17.9. The van der Waals surface area contributed by atoms with E-state index in [1.165, 1.54) is 10.6 Å². The van der Waals surface area contributed by atoms with Crippen molar-refractivity contribution in [2.45, 2.75) is 6.54 Å². The van der Waals surface area contributed by atoms with Gasteiger partial charge in [0, 0.05) is 18.8 Å². The van der Waals surface area contributed by atoms with Gasteiger partial charge in [-0.2, -0.15) is 0 Å². The summed E-state index contributed by atoms with van der Waals surface area (Å²) < 4.78 is 26.2. The number of hydrogen-bond acceptors (Lipinski definition) is 5. The Hall–Kier alpha value is -3.04. The van der Waals surface area contributed by atoms with E-state index in [1.54, 1.807) is 0 Å². The summed E-state index contributed by atoms with van der Waals surface area (Å²) in [4.78, 5) is 33.8. The summed E-state index contributed by atoms with van der Waals surface area (Å²) in [6, 6.07) is 2.13. The number of nitrogens with one attached hydrogen (secondary N) is 1. The van der Waals surface area contributed by atoms with Crippen LogP contribution < -0.4 is 10.7 Å². The van der Waals surface area contributed by atoms with Crippen LogP contribution in [0, 0.1) is 10.1 Å². The normalized spacial score (nSPS) is 10.8. The molecule has 0 unspecified atom stereocenters. The number of carboxylic acids is 1. The van der Waals surface area contributed by atoms with Gasteiger partial charge in [0.1, 0.15) is 24.6 Å². The second kappa shape index (κ2) is 7.02. The molecule has 0 saturated heterocycles. The molecule has 0 aliphatic carbocycles. The lowest BCUT2D eigenvalue weighted by molar-refractivity contribution is -0.383. The monoisotopic (exact) mass is 341 g/mol. The average molecular weight is 341 g/mol. The number of rotatable bonds is 7. The minimum Gasteiger partial charge on any atom is -0.477 e. The molecule has 0 aliphatic heterocycles. The number of carboxylic acid groups (broad SMARTS) is 1. The summed E-state index contributed by atoms with van der Waals surface area (Å²) in [5.74, 6) is -1.52. The first kappa shape index (κ1) is 17.3. The van der Waals surface area contributed by atoms with Crippen molar-refractivity contribution in [1.29, 1.82) is 0 Å². The Morgan fingerprint density at radius 3 is 2.58 bits per heavy atom. The average Bonchev–Trinajstić information content (AvgIpc) is 2.54. The van der Waals surface area contributed by atoms with E-state index in [9.17, 15) is 28.5 Å². The molecule has 0 atom stereocenters. The van der Waals surface area contributed by atoms with E-state index in [-0.39, 0.29) is 29.7 Å². The van der Waals surface area contributed by atoms with Gasteiger partial charge in [-0.15, -0.1) is 0 Å². The predicted octanol–water partition coefficient (Wildman–Crippen LogP) is 1.96. The molecule has 1 aromatic carbocycles. The molecule has 0 saturated carbocycles. The van der Waals surface area contributed by atoms with Gasteiger partial charge in [-0.1, -0.05) is 0 Å². The number of aryl methyl sites for hydroxylation is 1. The number of hydrogen-bond donors (Lipinski definition) is 2. The smallest absolute Gasteiger partial charge is 0.341 e. The van der Waals surface area contributed by atoms with Crippen LogP contribution in [0.2, 0.25) is 0 Å². The van der Waals surface area contributed by atoms with Crippen molar-refractivity contribution in [3.05, 3.63) is 44.2 Å². The highest BCUT2D eigenvalue weighted by molar-refractivity contribution is 5.95. The first-order valence-corrected chi connectivity index (χ1v) is 6.85. The van der Waals surface area contributed by atoms with E-state index in [0.29, 0.717) is 0 Å². The molecule has 2 N–H and O–H groups in total. The second-order valence-corrected chi connectivity index (χ2v) is 4.82. The van der Waals surface area contributed by atoms with Crippen molar-refractivity contribution in [3.63, 3.8) is 0 Å². The first-order valence-electron chi connectivity index (χ1n) is 6.85. The number of benzene rings is 1. The van der Waals surface area contributed by atoms with Crippen molar-refractivity contribution >= 4 is 28.2 Å². The Morgan fingerprint density at radius 1 is 1.33 bits per heavy atom. The molecule has 0 amide bonds. The maximum Gasteiger partial charge on any atom is 0.341 e. The fourth-order valence-electron chi connectivity index (χ4n) is 2.33. The molecule has 0 bridgehead atoms. The van der Waals surface area contributed by atoms with Gasteiger partial charge < -0.3 is 15.0 Å². The van der Waals surface area contributed by atoms with Gasteiger partial charge in [0.2, 0.25) is 5.43 Å². The number of aromatic carboxylic acids is 1. The number of pyridine rings is 1. The highest BCUT2D eigenvalue weighted by Gasteiger charge is 2.21.